The summed E-state index contributed by atoms with van der Waals surface area (Å²) in [6, 6.07) is 0.111. The minimum atomic E-state index is -0.709. The Hall–Kier alpha value is -0.610. The summed E-state index contributed by atoms with van der Waals surface area (Å²) in [5.74, 6) is -1.01. The van der Waals surface area contributed by atoms with Crippen molar-refractivity contribution in [1.29, 1.82) is 0 Å². The lowest BCUT2D eigenvalue weighted by Crippen LogP contribution is -2.46. The predicted octanol–water partition coefficient (Wildman–Crippen LogP) is 1.60. The van der Waals surface area contributed by atoms with E-state index in [0.29, 0.717) is 6.10 Å². The van der Waals surface area contributed by atoms with Crippen LogP contribution in [0.4, 0.5) is 0 Å². The molecule has 94 valence electrons. The van der Waals surface area contributed by atoms with Crippen molar-refractivity contribution in [2.75, 3.05) is 19.7 Å². The average molecular weight is 229 g/mol. The van der Waals surface area contributed by atoms with Crippen LogP contribution >= 0.6 is 0 Å². The van der Waals surface area contributed by atoms with Crippen LogP contribution in [0.15, 0.2) is 0 Å². The van der Waals surface area contributed by atoms with E-state index in [9.17, 15) is 4.79 Å². The smallest absolute Gasteiger partial charge is 0.307 e. The van der Waals surface area contributed by atoms with E-state index in [2.05, 4.69) is 4.90 Å². The molecule has 0 amide bonds. The number of ether oxygens (including phenoxy) is 1. The summed E-state index contributed by atoms with van der Waals surface area (Å²) in [4.78, 5) is 13.2. The van der Waals surface area contributed by atoms with Crippen molar-refractivity contribution in [3.63, 3.8) is 0 Å². The lowest BCUT2D eigenvalue weighted by Gasteiger charge is -2.37. The quantitative estimate of drug-likeness (QED) is 0.778. The van der Waals surface area contributed by atoms with Gasteiger partial charge in [0.15, 0.2) is 0 Å². The average Bonchev–Trinajstić information content (AvgIpc) is 2.28. The molecule has 2 atom stereocenters. The first-order valence-corrected chi connectivity index (χ1v) is 6.14. The van der Waals surface area contributed by atoms with Gasteiger partial charge in [-0.2, -0.15) is 0 Å². The second-order valence-corrected chi connectivity index (χ2v) is 4.56. The van der Waals surface area contributed by atoms with Crippen molar-refractivity contribution >= 4 is 5.97 Å². The van der Waals surface area contributed by atoms with Crippen molar-refractivity contribution in [1.82, 2.24) is 4.90 Å². The molecule has 4 heteroatoms. The Morgan fingerprint density at radius 1 is 1.44 bits per heavy atom. The van der Waals surface area contributed by atoms with E-state index < -0.39 is 5.97 Å². The van der Waals surface area contributed by atoms with Gasteiger partial charge in [-0.05, 0) is 26.7 Å². The zero-order valence-electron chi connectivity index (χ0n) is 10.5. The van der Waals surface area contributed by atoms with Crippen molar-refractivity contribution in [3.05, 3.63) is 0 Å². The highest BCUT2D eigenvalue weighted by atomic mass is 16.5. The second kappa shape index (κ2) is 6.21. The molecule has 0 saturated carbocycles. The number of piperidine rings is 1. The molecule has 1 fully saturated rings. The summed E-state index contributed by atoms with van der Waals surface area (Å²) in [5.41, 5.74) is 0. The monoisotopic (exact) mass is 229 g/mol. The summed E-state index contributed by atoms with van der Waals surface area (Å²) in [7, 11) is 0. The van der Waals surface area contributed by atoms with Crippen LogP contribution in [0.1, 0.15) is 33.6 Å². The van der Waals surface area contributed by atoms with Gasteiger partial charge in [0, 0.05) is 25.7 Å². The number of hydrogen-bond donors (Lipinski definition) is 1. The molecule has 0 aromatic rings. The highest BCUT2D eigenvalue weighted by Crippen LogP contribution is 2.19. The summed E-state index contributed by atoms with van der Waals surface area (Å²) in [6.07, 6.45) is 2.41. The summed E-state index contributed by atoms with van der Waals surface area (Å²) < 4.78 is 5.58. The van der Waals surface area contributed by atoms with Crippen LogP contribution < -0.4 is 0 Å². The molecular weight excluding hydrogens is 206 g/mol. The number of carboxylic acid groups (broad SMARTS) is 1. The molecule has 1 aliphatic rings. The van der Waals surface area contributed by atoms with Gasteiger partial charge >= 0.3 is 5.97 Å². The molecule has 1 N–H and O–H groups in total. The zero-order valence-corrected chi connectivity index (χ0v) is 10.5. The molecule has 16 heavy (non-hydrogen) atoms. The maximum absolute atomic E-state index is 10.9. The standard InChI is InChI=1S/C12H23NO3/c1-4-16-11-5-7-13(8-6-11)10(3)9(2)12(14)15/h9-11H,4-8H2,1-3H3,(H,14,15). The number of carboxylic acids is 1. The van der Waals surface area contributed by atoms with E-state index in [0.717, 1.165) is 32.5 Å². The first-order chi connectivity index (χ1) is 7.56. The maximum Gasteiger partial charge on any atom is 0.307 e. The van der Waals surface area contributed by atoms with Crippen molar-refractivity contribution < 1.29 is 14.6 Å². The van der Waals surface area contributed by atoms with Gasteiger partial charge in [-0.15, -0.1) is 0 Å². The lowest BCUT2D eigenvalue weighted by atomic mass is 9.98. The molecule has 0 bridgehead atoms. The molecule has 0 aromatic carbocycles. The summed E-state index contributed by atoms with van der Waals surface area (Å²) in [6.45, 7) is 8.46. The fraction of sp³-hybridized carbons (Fsp3) is 0.917. The Bertz CT molecular complexity index is 224. The first kappa shape index (κ1) is 13.5. The van der Waals surface area contributed by atoms with Crippen LogP contribution in [0.5, 0.6) is 0 Å². The van der Waals surface area contributed by atoms with Crippen LogP contribution in [-0.2, 0) is 9.53 Å². The van der Waals surface area contributed by atoms with E-state index in [1.165, 1.54) is 0 Å². The SMILES string of the molecule is CCOC1CCN(C(C)C(C)C(=O)O)CC1. The third-order valence-corrected chi connectivity index (χ3v) is 3.57. The molecule has 0 radical (unpaired) electrons. The highest BCUT2D eigenvalue weighted by molar-refractivity contribution is 5.70. The van der Waals surface area contributed by atoms with Gasteiger partial charge in [0.25, 0.3) is 0 Å². The molecule has 0 spiro atoms. The Labute approximate surface area is 97.6 Å². The normalized spacial score (nSPS) is 22.9. The molecule has 1 saturated heterocycles. The number of carbonyl (C=O) groups is 1. The Kier molecular flexibility index (Phi) is 5.22. The molecule has 4 nitrogen and oxygen atoms in total. The van der Waals surface area contributed by atoms with E-state index in [1.54, 1.807) is 6.92 Å². The first-order valence-electron chi connectivity index (χ1n) is 6.14. The van der Waals surface area contributed by atoms with Crippen LogP contribution in [0.2, 0.25) is 0 Å². The van der Waals surface area contributed by atoms with E-state index in [-0.39, 0.29) is 12.0 Å². The third kappa shape index (κ3) is 3.46. The molecule has 1 aliphatic heterocycles. The van der Waals surface area contributed by atoms with Gasteiger partial charge in [-0.3, -0.25) is 9.69 Å². The van der Waals surface area contributed by atoms with Crippen LogP contribution in [0.25, 0.3) is 0 Å². The summed E-state index contributed by atoms with van der Waals surface area (Å²) in [5, 5.41) is 8.97. The van der Waals surface area contributed by atoms with Crippen LogP contribution in [0, 0.1) is 5.92 Å². The van der Waals surface area contributed by atoms with E-state index in [4.69, 9.17) is 9.84 Å². The van der Waals surface area contributed by atoms with Crippen molar-refractivity contribution in [2.45, 2.75) is 45.8 Å². The van der Waals surface area contributed by atoms with Gasteiger partial charge in [0.05, 0.1) is 12.0 Å². The second-order valence-electron chi connectivity index (χ2n) is 4.56. The minimum absolute atomic E-state index is 0.111. The van der Waals surface area contributed by atoms with Gasteiger partial charge in [-0.1, -0.05) is 6.92 Å². The number of aliphatic carboxylic acids is 1. The third-order valence-electron chi connectivity index (χ3n) is 3.57. The Morgan fingerprint density at radius 2 is 2.00 bits per heavy atom. The molecule has 1 heterocycles. The van der Waals surface area contributed by atoms with E-state index >= 15 is 0 Å². The van der Waals surface area contributed by atoms with Gasteiger partial charge < -0.3 is 9.84 Å². The van der Waals surface area contributed by atoms with Gasteiger partial charge in [0.2, 0.25) is 0 Å². The molecule has 1 rings (SSSR count). The largest absolute Gasteiger partial charge is 0.481 e. The van der Waals surface area contributed by atoms with Gasteiger partial charge in [0.1, 0.15) is 0 Å². The Morgan fingerprint density at radius 3 is 2.44 bits per heavy atom. The predicted molar refractivity (Wildman–Crippen MR) is 62.5 cm³/mol. The van der Waals surface area contributed by atoms with Crippen LogP contribution in [-0.4, -0.2) is 47.8 Å². The van der Waals surface area contributed by atoms with Crippen molar-refractivity contribution in [2.24, 2.45) is 5.92 Å². The lowest BCUT2D eigenvalue weighted by molar-refractivity contribution is -0.143. The Balaban J connectivity index is 2.38. The molecule has 0 aromatic heterocycles. The maximum atomic E-state index is 10.9. The number of rotatable bonds is 5. The van der Waals surface area contributed by atoms with E-state index in [1.807, 2.05) is 13.8 Å². The number of hydrogen-bond acceptors (Lipinski definition) is 3. The van der Waals surface area contributed by atoms with Crippen molar-refractivity contribution in [3.8, 4) is 0 Å². The fourth-order valence-corrected chi connectivity index (χ4v) is 2.21. The highest BCUT2D eigenvalue weighted by Gasteiger charge is 2.28. The molecule has 0 aliphatic carbocycles. The number of likely N-dealkylation sites (tertiary alicyclic amines) is 1. The fourth-order valence-electron chi connectivity index (χ4n) is 2.21. The van der Waals surface area contributed by atoms with Crippen LogP contribution in [0.3, 0.4) is 0 Å². The molecule has 2 unspecified atom stereocenters. The van der Waals surface area contributed by atoms with Gasteiger partial charge in [-0.25, -0.2) is 0 Å². The minimum Gasteiger partial charge on any atom is -0.481 e. The number of nitrogens with zero attached hydrogens (tertiary/aromatic N) is 1. The topological polar surface area (TPSA) is 49.8 Å². The molecular formula is C12H23NO3. The summed E-state index contributed by atoms with van der Waals surface area (Å²) >= 11 is 0. The zero-order chi connectivity index (χ0) is 12.1.